The fourth-order valence-electron chi connectivity index (χ4n) is 3.01. The maximum Gasteiger partial charge on any atom is 0.314 e. The molecule has 1 heterocycles. The number of primary amides is 1. The highest BCUT2D eigenvalue weighted by Gasteiger charge is 2.35. The number of amides is 3. The monoisotopic (exact) mass is 324 g/mol. The molecule has 0 aromatic heterocycles. The van der Waals surface area contributed by atoms with Crippen molar-refractivity contribution in [3.63, 3.8) is 0 Å². The van der Waals surface area contributed by atoms with E-state index < -0.39 is 6.03 Å². The summed E-state index contributed by atoms with van der Waals surface area (Å²) in [6.45, 7) is 11.5. The molecule has 0 spiro atoms. The molecular formula is C17H32N4O2. The SMILES string of the molecule is CC(C)=CCCN1C[C@H](NC(=O)CN(C)C(N)=O)[C@@H](C(C)C)C1. The van der Waals surface area contributed by atoms with Gasteiger partial charge in [-0.05, 0) is 32.1 Å². The standard InChI is InChI=1S/C17H32N4O2/c1-12(2)7-6-8-21-9-14(13(3)4)15(10-21)19-16(22)11-20(5)17(18)23/h7,13-15H,6,8-11H2,1-5H3,(H2,18,23)(H,19,22)/t14-,15+/m1/s1. The number of allylic oxidation sites excluding steroid dienone is 1. The van der Waals surface area contributed by atoms with E-state index in [9.17, 15) is 9.59 Å². The highest BCUT2D eigenvalue weighted by molar-refractivity contribution is 5.83. The number of rotatable bonds is 7. The van der Waals surface area contributed by atoms with Crippen molar-refractivity contribution in [3.05, 3.63) is 11.6 Å². The molecule has 3 N–H and O–H groups in total. The fourth-order valence-corrected chi connectivity index (χ4v) is 3.01. The van der Waals surface area contributed by atoms with Gasteiger partial charge in [0, 0.05) is 32.7 Å². The third kappa shape index (κ3) is 6.60. The number of hydrogen-bond donors (Lipinski definition) is 2. The van der Waals surface area contributed by atoms with Gasteiger partial charge in [0.2, 0.25) is 5.91 Å². The number of hydrogen-bond acceptors (Lipinski definition) is 3. The molecule has 6 nitrogen and oxygen atoms in total. The summed E-state index contributed by atoms with van der Waals surface area (Å²) in [6.07, 6.45) is 3.29. The quantitative estimate of drug-likeness (QED) is 0.695. The Morgan fingerprint density at radius 2 is 2.00 bits per heavy atom. The van der Waals surface area contributed by atoms with Gasteiger partial charge >= 0.3 is 6.03 Å². The lowest BCUT2D eigenvalue weighted by Crippen LogP contribution is -2.47. The molecule has 0 bridgehead atoms. The first-order valence-electron chi connectivity index (χ1n) is 8.36. The van der Waals surface area contributed by atoms with E-state index in [1.165, 1.54) is 17.5 Å². The molecular weight excluding hydrogens is 292 g/mol. The molecule has 132 valence electrons. The zero-order valence-electron chi connectivity index (χ0n) is 15.1. The molecule has 3 amide bonds. The Balaban J connectivity index is 2.56. The van der Waals surface area contributed by atoms with Gasteiger partial charge in [0.25, 0.3) is 0 Å². The molecule has 23 heavy (non-hydrogen) atoms. The van der Waals surface area contributed by atoms with Gasteiger partial charge in [0.1, 0.15) is 6.54 Å². The average Bonchev–Trinajstić information content (AvgIpc) is 2.81. The molecule has 1 rings (SSSR count). The zero-order chi connectivity index (χ0) is 17.6. The van der Waals surface area contributed by atoms with Crippen LogP contribution in [0.5, 0.6) is 0 Å². The summed E-state index contributed by atoms with van der Waals surface area (Å²) < 4.78 is 0. The Morgan fingerprint density at radius 3 is 2.52 bits per heavy atom. The van der Waals surface area contributed by atoms with E-state index in [0.29, 0.717) is 11.8 Å². The van der Waals surface area contributed by atoms with Crippen LogP contribution in [-0.4, -0.2) is 61.0 Å². The number of nitrogens with one attached hydrogen (secondary N) is 1. The number of carbonyl (C=O) groups is 2. The van der Waals surface area contributed by atoms with Crippen LogP contribution < -0.4 is 11.1 Å². The molecule has 1 aliphatic rings. The van der Waals surface area contributed by atoms with Crippen molar-refractivity contribution in [1.29, 1.82) is 0 Å². The smallest absolute Gasteiger partial charge is 0.314 e. The van der Waals surface area contributed by atoms with Crippen LogP contribution in [0.1, 0.15) is 34.1 Å². The lowest BCUT2D eigenvalue weighted by molar-refractivity contribution is -0.122. The Hall–Kier alpha value is -1.56. The van der Waals surface area contributed by atoms with Crippen LogP contribution in [0.25, 0.3) is 0 Å². The van der Waals surface area contributed by atoms with Crippen molar-refractivity contribution in [3.8, 4) is 0 Å². The van der Waals surface area contributed by atoms with Crippen molar-refractivity contribution in [1.82, 2.24) is 15.1 Å². The predicted octanol–water partition coefficient (Wildman–Crippen LogP) is 1.43. The van der Waals surface area contributed by atoms with Gasteiger partial charge in [0.15, 0.2) is 0 Å². The van der Waals surface area contributed by atoms with Crippen LogP contribution in [0.4, 0.5) is 4.79 Å². The molecule has 2 atom stereocenters. The van der Waals surface area contributed by atoms with Crippen molar-refractivity contribution < 1.29 is 9.59 Å². The van der Waals surface area contributed by atoms with Gasteiger partial charge in [-0.3, -0.25) is 4.79 Å². The minimum Gasteiger partial charge on any atom is -0.351 e. The summed E-state index contributed by atoms with van der Waals surface area (Å²) in [4.78, 5) is 26.8. The Bertz CT molecular complexity index is 444. The minimum absolute atomic E-state index is 0.00835. The third-order valence-electron chi connectivity index (χ3n) is 4.40. The predicted molar refractivity (Wildman–Crippen MR) is 93.0 cm³/mol. The van der Waals surface area contributed by atoms with Gasteiger partial charge in [-0.15, -0.1) is 0 Å². The van der Waals surface area contributed by atoms with E-state index >= 15 is 0 Å². The summed E-state index contributed by atoms with van der Waals surface area (Å²) in [6, 6.07) is -0.453. The van der Waals surface area contributed by atoms with Gasteiger partial charge in [-0.1, -0.05) is 25.5 Å². The Labute approximate surface area is 140 Å². The van der Waals surface area contributed by atoms with E-state index in [1.54, 1.807) is 0 Å². The molecule has 1 fully saturated rings. The molecule has 0 aliphatic carbocycles. The highest BCUT2D eigenvalue weighted by atomic mass is 16.2. The second-order valence-corrected chi connectivity index (χ2v) is 7.11. The number of nitrogens with zero attached hydrogens (tertiary/aromatic N) is 2. The lowest BCUT2D eigenvalue weighted by atomic mass is 9.91. The minimum atomic E-state index is -0.588. The maximum absolute atomic E-state index is 12.1. The Morgan fingerprint density at radius 1 is 1.35 bits per heavy atom. The number of urea groups is 1. The lowest BCUT2D eigenvalue weighted by Gasteiger charge is -2.24. The molecule has 1 aliphatic heterocycles. The Kier molecular flexibility index (Phi) is 7.55. The van der Waals surface area contributed by atoms with Crippen LogP contribution in [0, 0.1) is 11.8 Å². The van der Waals surface area contributed by atoms with Crippen molar-refractivity contribution in [2.24, 2.45) is 17.6 Å². The van der Waals surface area contributed by atoms with E-state index in [1.807, 2.05) is 0 Å². The van der Waals surface area contributed by atoms with Crippen molar-refractivity contribution in [2.75, 3.05) is 33.2 Å². The van der Waals surface area contributed by atoms with E-state index in [4.69, 9.17) is 5.73 Å². The molecule has 0 saturated carbocycles. The average molecular weight is 324 g/mol. The maximum atomic E-state index is 12.1. The van der Waals surface area contributed by atoms with Gasteiger partial charge in [-0.25, -0.2) is 4.79 Å². The van der Waals surface area contributed by atoms with E-state index in [-0.39, 0.29) is 18.5 Å². The summed E-state index contributed by atoms with van der Waals surface area (Å²) in [5.74, 6) is 0.792. The van der Waals surface area contributed by atoms with Gasteiger partial charge in [-0.2, -0.15) is 0 Å². The normalized spacial score (nSPS) is 21.3. The number of likely N-dealkylation sites (N-methyl/N-ethyl adjacent to an activating group) is 1. The third-order valence-corrected chi connectivity index (χ3v) is 4.40. The van der Waals surface area contributed by atoms with Gasteiger partial charge < -0.3 is 20.9 Å². The van der Waals surface area contributed by atoms with E-state index in [2.05, 4.69) is 44.0 Å². The van der Waals surface area contributed by atoms with E-state index in [0.717, 1.165) is 26.1 Å². The number of likely N-dealkylation sites (tertiary alicyclic amines) is 1. The van der Waals surface area contributed by atoms with Crippen LogP contribution in [0.15, 0.2) is 11.6 Å². The highest BCUT2D eigenvalue weighted by Crippen LogP contribution is 2.24. The molecule has 0 unspecified atom stereocenters. The molecule has 6 heteroatoms. The molecule has 1 saturated heterocycles. The molecule has 0 aromatic rings. The number of nitrogens with two attached hydrogens (primary N) is 1. The van der Waals surface area contributed by atoms with Crippen LogP contribution >= 0.6 is 0 Å². The number of carbonyl (C=O) groups excluding carboxylic acids is 2. The van der Waals surface area contributed by atoms with Crippen molar-refractivity contribution >= 4 is 11.9 Å². The fraction of sp³-hybridized carbons (Fsp3) is 0.765. The summed E-state index contributed by atoms with van der Waals surface area (Å²) >= 11 is 0. The molecule has 0 radical (unpaired) electrons. The second kappa shape index (κ2) is 8.91. The van der Waals surface area contributed by atoms with Crippen molar-refractivity contribution in [2.45, 2.75) is 40.2 Å². The second-order valence-electron chi connectivity index (χ2n) is 7.11. The summed E-state index contributed by atoms with van der Waals surface area (Å²) in [7, 11) is 1.53. The first kappa shape index (κ1) is 19.5. The summed E-state index contributed by atoms with van der Waals surface area (Å²) in [5.41, 5.74) is 6.50. The largest absolute Gasteiger partial charge is 0.351 e. The van der Waals surface area contributed by atoms with Crippen LogP contribution in [-0.2, 0) is 4.79 Å². The van der Waals surface area contributed by atoms with Crippen LogP contribution in [0.2, 0.25) is 0 Å². The van der Waals surface area contributed by atoms with Gasteiger partial charge in [0.05, 0.1) is 0 Å². The first-order valence-corrected chi connectivity index (χ1v) is 8.36. The van der Waals surface area contributed by atoms with Crippen LogP contribution in [0.3, 0.4) is 0 Å². The zero-order valence-corrected chi connectivity index (χ0v) is 15.1. The first-order chi connectivity index (χ1) is 10.7. The summed E-state index contributed by atoms with van der Waals surface area (Å²) in [5, 5.41) is 3.08. The topological polar surface area (TPSA) is 78.7 Å². The molecule has 0 aromatic carbocycles.